The van der Waals surface area contributed by atoms with Crippen LogP contribution in [0.15, 0.2) is 85.1 Å². The van der Waals surface area contributed by atoms with E-state index in [-0.39, 0.29) is 17.9 Å². The van der Waals surface area contributed by atoms with Crippen molar-refractivity contribution in [2.75, 3.05) is 24.4 Å². The molecule has 0 fully saturated rings. The summed E-state index contributed by atoms with van der Waals surface area (Å²) in [6, 6.07) is 23.0. The number of carbonyl (C=O) groups is 3. The number of benzene rings is 3. The highest BCUT2D eigenvalue weighted by Gasteiger charge is 2.16. The first-order chi connectivity index (χ1) is 17.5. The Kier molecular flexibility index (Phi) is 7.87. The van der Waals surface area contributed by atoms with Crippen molar-refractivity contribution in [1.29, 1.82) is 0 Å². The van der Waals surface area contributed by atoms with Crippen molar-refractivity contribution in [1.82, 2.24) is 4.98 Å². The average Bonchev–Trinajstić information content (AvgIpc) is 2.91. The predicted octanol–water partition coefficient (Wildman–Crippen LogP) is 4.61. The normalized spacial score (nSPS) is 10.5. The number of fused-ring (bicyclic) bond motifs is 1. The molecule has 2 amide bonds. The fraction of sp³-hybridized carbons (Fsp3) is 0.143. The van der Waals surface area contributed by atoms with Gasteiger partial charge in [0.05, 0.1) is 29.6 Å². The summed E-state index contributed by atoms with van der Waals surface area (Å²) in [6.45, 7) is -0.477. The minimum atomic E-state index is -0.712. The monoisotopic (exact) mass is 483 g/mol. The molecule has 0 aliphatic carbocycles. The molecule has 0 aliphatic rings. The van der Waals surface area contributed by atoms with E-state index in [0.717, 1.165) is 22.2 Å². The lowest BCUT2D eigenvalue weighted by Crippen LogP contribution is -2.22. The summed E-state index contributed by atoms with van der Waals surface area (Å²) in [5.41, 5.74) is 2.79. The lowest BCUT2D eigenvalue weighted by molar-refractivity contribution is -0.119. The fourth-order valence-electron chi connectivity index (χ4n) is 3.64. The van der Waals surface area contributed by atoms with Crippen molar-refractivity contribution in [2.24, 2.45) is 0 Å². The van der Waals surface area contributed by atoms with Crippen LogP contribution in [-0.2, 0) is 20.7 Å². The quantitative estimate of drug-likeness (QED) is 0.337. The Bertz CT molecular complexity index is 1380. The number of hydrogen-bond acceptors (Lipinski definition) is 6. The molecule has 0 saturated carbocycles. The van der Waals surface area contributed by atoms with E-state index in [9.17, 15) is 14.4 Å². The molecule has 8 nitrogen and oxygen atoms in total. The van der Waals surface area contributed by atoms with Crippen LogP contribution in [0.5, 0.6) is 5.75 Å². The van der Waals surface area contributed by atoms with Gasteiger partial charge in [-0.2, -0.15) is 0 Å². The van der Waals surface area contributed by atoms with Gasteiger partial charge in [0.25, 0.3) is 5.91 Å². The van der Waals surface area contributed by atoms with Crippen LogP contribution in [0.3, 0.4) is 0 Å². The smallest absolute Gasteiger partial charge is 0.340 e. The van der Waals surface area contributed by atoms with Gasteiger partial charge in [0.1, 0.15) is 5.75 Å². The molecule has 182 valence electrons. The maximum atomic E-state index is 12.7. The van der Waals surface area contributed by atoms with Crippen LogP contribution in [0.2, 0.25) is 0 Å². The minimum absolute atomic E-state index is 0.164. The zero-order chi connectivity index (χ0) is 25.3. The molecule has 1 heterocycles. The average molecular weight is 484 g/mol. The van der Waals surface area contributed by atoms with Gasteiger partial charge in [-0.3, -0.25) is 14.6 Å². The summed E-state index contributed by atoms with van der Waals surface area (Å²) in [5, 5.41) is 6.28. The number of nitrogens with zero attached hydrogens (tertiary/aromatic N) is 1. The van der Waals surface area contributed by atoms with Gasteiger partial charge in [-0.1, -0.05) is 30.3 Å². The van der Waals surface area contributed by atoms with Crippen LogP contribution in [0.25, 0.3) is 10.9 Å². The topological polar surface area (TPSA) is 107 Å². The van der Waals surface area contributed by atoms with E-state index >= 15 is 0 Å². The third-order valence-electron chi connectivity index (χ3n) is 5.47. The van der Waals surface area contributed by atoms with Crippen LogP contribution in [0.1, 0.15) is 22.3 Å². The lowest BCUT2D eigenvalue weighted by atomic mass is 10.1. The number of anilines is 2. The van der Waals surface area contributed by atoms with Gasteiger partial charge in [0.15, 0.2) is 6.61 Å². The van der Waals surface area contributed by atoms with Crippen molar-refractivity contribution in [2.45, 2.75) is 12.8 Å². The van der Waals surface area contributed by atoms with Crippen LogP contribution in [0, 0.1) is 0 Å². The number of para-hydroxylation sites is 1. The largest absolute Gasteiger partial charge is 0.497 e. The summed E-state index contributed by atoms with van der Waals surface area (Å²) >= 11 is 0. The molecule has 0 spiro atoms. The summed E-state index contributed by atoms with van der Waals surface area (Å²) < 4.78 is 10.4. The Hall–Kier alpha value is -4.72. The molecule has 2 N–H and O–H groups in total. The lowest BCUT2D eigenvalue weighted by Gasteiger charge is -2.12. The number of pyridine rings is 1. The summed E-state index contributed by atoms with van der Waals surface area (Å²) in [7, 11) is 1.60. The van der Waals surface area contributed by atoms with Crippen molar-refractivity contribution < 1.29 is 23.9 Å². The second-order valence-corrected chi connectivity index (χ2v) is 7.94. The van der Waals surface area contributed by atoms with Crippen molar-refractivity contribution >= 4 is 40.1 Å². The molecule has 0 radical (unpaired) electrons. The number of ether oxygens (including phenoxy) is 2. The Morgan fingerprint density at radius 1 is 0.806 bits per heavy atom. The second-order valence-electron chi connectivity index (χ2n) is 7.94. The second kappa shape index (κ2) is 11.6. The van der Waals surface area contributed by atoms with Gasteiger partial charge in [0, 0.05) is 18.0 Å². The first kappa shape index (κ1) is 24.4. The highest BCUT2D eigenvalue weighted by Crippen LogP contribution is 2.21. The summed E-state index contributed by atoms with van der Waals surface area (Å²) in [5.74, 6) is -0.691. The standard InChI is InChI=1S/C28H25N3O5/c1-35-20-14-11-19(12-15-20)13-16-26(32)30-25-8-3-2-6-22(25)28(34)36-18-27(33)31-24-10-4-9-23-21(24)7-5-17-29-23/h2-12,14-15,17H,13,16,18H2,1H3,(H,30,32)(H,31,33). The van der Waals surface area contributed by atoms with Gasteiger partial charge in [-0.15, -0.1) is 0 Å². The van der Waals surface area contributed by atoms with Crippen LogP contribution < -0.4 is 15.4 Å². The molecule has 36 heavy (non-hydrogen) atoms. The Balaban J connectivity index is 1.32. The summed E-state index contributed by atoms with van der Waals surface area (Å²) in [4.78, 5) is 41.9. The van der Waals surface area contributed by atoms with Crippen molar-refractivity contribution in [3.05, 3.63) is 96.2 Å². The highest BCUT2D eigenvalue weighted by molar-refractivity contribution is 6.04. The minimum Gasteiger partial charge on any atom is -0.497 e. The maximum Gasteiger partial charge on any atom is 0.340 e. The molecule has 0 bridgehead atoms. The Morgan fingerprint density at radius 3 is 2.36 bits per heavy atom. The van der Waals surface area contributed by atoms with Gasteiger partial charge < -0.3 is 20.1 Å². The van der Waals surface area contributed by atoms with Gasteiger partial charge in [0.2, 0.25) is 5.91 Å². The molecule has 0 unspecified atom stereocenters. The van der Waals surface area contributed by atoms with E-state index in [1.165, 1.54) is 6.07 Å². The Morgan fingerprint density at radius 2 is 1.56 bits per heavy atom. The molecule has 3 aromatic carbocycles. The van der Waals surface area contributed by atoms with E-state index in [2.05, 4.69) is 15.6 Å². The maximum absolute atomic E-state index is 12.7. The first-order valence-corrected chi connectivity index (χ1v) is 11.4. The zero-order valence-corrected chi connectivity index (χ0v) is 19.7. The van der Waals surface area contributed by atoms with E-state index in [1.54, 1.807) is 49.7 Å². The van der Waals surface area contributed by atoms with Gasteiger partial charge >= 0.3 is 5.97 Å². The van der Waals surface area contributed by atoms with Crippen LogP contribution in [-0.4, -0.2) is 36.5 Å². The molecule has 1 aromatic heterocycles. The molecule has 8 heteroatoms. The zero-order valence-electron chi connectivity index (χ0n) is 19.7. The highest BCUT2D eigenvalue weighted by atomic mass is 16.5. The number of methoxy groups -OCH3 is 1. The van der Waals surface area contributed by atoms with Crippen molar-refractivity contribution in [3.8, 4) is 5.75 Å². The molecular weight excluding hydrogens is 458 g/mol. The number of aromatic nitrogens is 1. The summed E-state index contributed by atoms with van der Waals surface area (Å²) in [6.07, 6.45) is 2.44. The third kappa shape index (κ3) is 6.24. The molecule has 0 atom stereocenters. The van der Waals surface area contributed by atoms with E-state index in [1.807, 2.05) is 36.4 Å². The van der Waals surface area contributed by atoms with E-state index < -0.39 is 18.5 Å². The number of aryl methyl sites for hydroxylation is 1. The predicted molar refractivity (Wildman–Crippen MR) is 137 cm³/mol. The number of carbonyl (C=O) groups excluding carboxylic acids is 3. The van der Waals surface area contributed by atoms with Crippen LogP contribution >= 0.6 is 0 Å². The number of esters is 1. The van der Waals surface area contributed by atoms with E-state index in [0.29, 0.717) is 17.8 Å². The molecule has 4 rings (SSSR count). The van der Waals surface area contributed by atoms with Gasteiger partial charge in [-0.05, 0) is 60.5 Å². The van der Waals surface area contributed by atoms with Crippen LogP contribution in [0.4, 0.5) is 11.4 Å². The fourth-order valence-corrected chi connectivity index (χ4v) is 3.64. The van der Waals surface area contributed by atoms with Gasteiger partial charge in [-0.25, -0.2) is 4.79 Å². The third-order valence-corrected chi connectivity index (χ3v) is 5.47. The Labute approximate surface area is 208 Å². The first-order valence-electron chi connectivity index (χ1n) is 11.4. The number of amides is 2. The molecule has 0 aliphatic heterocycles. The number of nitrogens with one attached hydrogen (secondary N) is 2. The molecule has 4 aromatic rings. The number of rotatable bonds is 9. The number of hydrogen-bond donors (Lipinski definition) is 2. The molecule has 0 saturated heterocycles. The molecular formula is C28H25N3O5. The van der Waals surface area contributed by atoms with E-state index in [4.69, 9.17) is 9.47 Å². The SMILES string of the molecule is COc1ccc(CCC(=O)Nc2ccccc2C(=O)OCC(=O)Nc2cccc3ncccc23)cc1. The van der Waals surface area contributed by atoms with Crippen molar-refractivity contribution in [3.63, 3.8) is 0 Å².